The summed E-state index contributed by atoms with van der Waals surface area (Å²) in [5.74, 6) is -0.808. The summed E-state index contributed by atoms with van der Waals surface area (Å²) in [5.41, 5.74) is 0.509. The molecule has 3 fully saturated rings. The van der Waals surface area contributed by atoms with E-state index in [9.17, 15) is 19.2 Å². The fraction of sp³-hybridized carbons (Fsp3) is 0.812. The number of piperidine rings is 1. The number of nitrogens with one attached hydrogen (secondary N) is 1. The number of amides is 3. The van der Waals surface area contributed by atoms with Crippen LogP contribution in [0.2, 0.25) is 0 Å². The number of esters is 1. The Bertz CT molecular complexity index is 958. The van der Waals surface area contributed by atoms with E-state index in [0.717, 1.165) is 57.9 Å². The van der Waals surface area contributed by atoms with Crippen molar-refractivity contribution in [2.24, 2.45) is 11.8 Å². The molecule has 9 nitrogen and oxygen atoms in total. The van der Waals surface area contributed by atoms with E-state index in [1.54, 1.807) is 23.8 Å². The van der Waals surface area contributed by atoms with Crippen LogP contribution in [0.4, 0.5) is 0 Å². The number of rotatable bonds is 10. The number of hydrogen-bond donors (Lipinski definition) is 1. The van der Waals surface area contributed by atoms with Crippen molar-refractivity contribution in [2.45, 2.75) is 129 Å². The fourth-order valence-corrected chi connectivity index (χ4v) is 6.52. The third kappa shape index (κ3) is 8.55. The molecule has 1 aliphatic carbocycles. The van der Waals surface area contributed by atoms with E-state index in [1.165, 1.54) is 6.42 Å². The summed E-state index contributed by atoms with van der Waals surface area (Å²) in [6.07, 6.45) is 11.2. The lowest BCUT2D eigenvalue weighted by Crippen LogP contribution is -2.57. The Labute approximate surface area is 247 Å². The van der Waals surface area contributed by atoms with Crippen molar-refractivity contribution in [3.05, 3.63) is 11.6 Å². The van der Waals surface area contributed by atoms with Crippen LogP contribution in [0.15, 0.2) is 11.6 Å². The maximum absolute atomic E-state index is 13.8. The van der Waals surface area contributed by atoms with Gasteiger partial charge in [0.15, 0.2) is 0 Å². The van der Waals surface area contributed by atoms with Crippen LogP contribution < -0.4 is 5.32 Å². The second-order valence-electron chi connectivity index (χ2n) is 13.1. The third-order valence-electron chi connectivity index (χ3n) is 9.16. The predicted octanol–water partition coefficient (Wildman–Crippen LogP) is 3.91. The molecule has 0 spiro atoms. The highest BCUT2D eigenvalue weighted by molar-refractivity contribution is 5.96. The number of likely N-dealkylation sites (tertiary alicyclic amines) is 2. The molecule has 1 saturated carbocycles. The van der Waals surface area contributed by atoms with Crippen LogP contribution in [0.25, 0.3) is 0 Å². The smallest absolute Gasteiger partial charge is 0.329 e. The van der Waals surface area contributed by atoms with Crippen LogP contribution in [0.3, 0.4) is 0 Å². The lowest BCUT2D eigenvalue weighted by molar-refractivity contribution is -0.158. The van der Waals surface area contributed by atoms with E-state index in [0.29, 0.717) is 18.5 Å². The summed E-state index contributed by atoms with van der Waals surface area (Å²) in [4.78, 5) is 58.9. The summed E-state index contributed by atoms with van der Waals surface area (Å²) in [6.45, 7) is 11.1. The maximum Gasteiger partial charge on any atom is 0.329 e. The molecule has 41 heavy (non-hydrogen) atoms. The summed E-state index contributed by atoms with van der Waals surface area (Å²) in [6, 6.07) is -1.78. The minimum Gasteiger partial charge on any atom is -0.461 e. The van der Waals surface area contributed by atoms with Crippen LogP contribution in [0.5, 0.6) is 0 Å². The lowest BCUT2D eigenvalue weighted by atomic mass is 9.96. The topological polar surface area (TPSA) is 99.3 Å². The maximum atomic E-state index is 13.8. The van der Waals surface area contributed by atoms with E-state index < -0.39 is 12.1 Å². The minimum atomic E-state index is -0.661. The van der Waals surface area contributed by atoms with Crippen LogP contribution in [-0.4, -0.2) is 95.8 Å². The Kier molecular flexibility index (Phi) is 12.2. The van der Waals surface area contributed by atoms with E-state index in [4.69, 9.17) is 4.74 Å². The molecule has 0 aromatic carbocycles. The van der Waals surface area contributed by atoms with Crippen LogP contribution >= 0.6 is 0 Å². The second kappa shape index (κ2) is 15.2. The zero-order chi connectivity index (χ0) is 30.3. The Morgan fingerprint density at radius 2 is 1.49 bits per heavy atom. The van der Waals surface area contributed by atoms with Gasteiger partial charge in [0.1, 0.15) is 18.2 Å². The summed E-state index contributed by atoms with van der Waals surface area (Å²) >= 11 is 0. The van der Waals surface area contributed by atoms with Gasteiger partial charge in [-0.25, -0.2) is 4.79 Å². The number of likely N-dealkylation sites (N-methyl/N-ethyl adjacent to an activating group) is 2. The molecular formula is C32H54N4O5. The van der Waals surface area contributed by atoms with Crippen molar-refractivity contribution >= 4 is 23.7 Å². The number of carbonyl (C=O) groups is 4. The van der Waals surface area contributed by atoms with Crippen molar-refractivity contribution < 1.29 is 23.9 Å². The van der Waals surface area contributed by atoms with Gasteiger partial charge in [-0.1, -0.05) is 46.6 Å². The van der Waals surface area contributed by atoms with Gasteiger partial charge in [0.05, 0.1) is 12.1 Å². The molecule has 232 valence electrons. The number of carbonyl (C=O) groups excluding carboxylic acids is 4. The average Bonchev–Trinajstić information content (AvgIpc) is 3.44. The highest BCUT2D eigenvalue weighted by Crippen LogP contribution is 2.26. The number of hydrogen-bond acceptors (Lipinski definition) is 6. The molecule has 0 aromatic rings. The van der Waals surface area contributed by atoms with E-state index in [1.807, 2.05) is 40.8 Å². The van der Waals surface area contributed by atoms with Gasteiger partial charge in [-0.15, -0.1) is 0 Å². The summed E-state index contributed by atoms with van der Waals surface area (Å²) < 4.78 is 5.81. The van der Waals surface area contributed by atoms with Gasteiger partial charge in [0, 0.05) is 19.2 Å². The predicted molar refractivity (Wildman–Crippen MR) is 160 cm³/mol. The molecule has 2 saturated heterocycles. The first-order chi connectivity index (χ1) is 19.4. The van der Waals surface area contributed by atoms with Crippen molar-refractivity contribution in [1.29, 1.82) is 0 Å². The summed E-state index contributed by atoms with van der Waals surface area (Å²) in [5, 5.41) is 3.04. The lowest BCUT2D eigenvalue weighted by Gasteiger charge is -2.36. The molecule has 3 aliphatic rings. The zero-order valence-corrected chi connectivity index (χ0v) is 26.5. The molecular weight excluding hydrogens is 520 g/mol. The van der Waals surface area contributed by atoms with Crippen molar-refractivity contribution in [2.75, 3.05) is 27.2 Å². The normalized spacial score (nSPS) is 24.3. The monoisotopic (exact) mass is 574 g/mol. The van der Waals surface area contributed by atoms with E-state index in [2.05, 4.69) is 10.2 Å². The van der Waals surface area contributed by atoms with Crippen LogP contribution in [0.1, 0.15) is 98.8 Å². The van der Waals surface area contributed by atoms with E-state index in [-0.39, 0.29) is 53.7 Å². The Balaban J connectivity index is 1.70. The zero-order valence-electron chi connectivity index (χ0n) is 26.5. The quantitative estimate of drug-likeness (QED) is 0.314. The van der Waals surface area contributed by atoms with Gasteiger partial charge in [-0.3, -0.25) is 19.3 Å². The number of nitrogens with zero attached hydrogens (tertiary/aromatic N) is 3. The van der Waals surface area contributed by atoms with Gasteiger partial charge in [0.2, 0.25) is 17.7 Å². The molecule has 2 heterocycles. The molecule has 1 unspecified atom stereocenters. The molecule has 9 heteroatoms. The third-order valence-corrected chi connectivity index (χ3v) is 9.16. The second-order valence-corrected chi connectivity index (χ2v) is 13.1. The van der Waals surface area contributed by atoms with Gasteiger partial charge in [-0.05, 0) is 83.7 Å². The van der Waals surface area contributed by atoms with Gasteiger partial charge in [-0.2, -0.15) is 0 Å². The standard InChI is InChI=1S/C32H54N4O5/c1-21(2)27(35(7)31(39)28(22(3)4)33-29(37)25-16-11-12-18-34(25)6)20-23(5)30(38)36-19-13-17-26(36)32(40)41-24-14-9-8-10-15-24/h20-22,24-28H,8-19H2,1-7H3,(H,33,37)/t25-,26+,27?,28+/m1/s1. The molecule has 3 rings (SSSR count). The van der Waals surface area contributed by atoms with Crippen molar-refractivity contribution in [1.82, 2.24) is 20.0 Å². The molecule has 0 bridgehead atoms. The largest absolute Gasteiger partial charge is 0.461 e. The molecule has 1 N–H and O–H groups in total. The first-order valence-electron chi connectivity index (χ1n) is 15.9. The summed E-state index contributed by atoms with van der Waals surface area (Å²) in [7, 11) is 3.71. The SMILES string of the molecule is CC(=CC(C(C)C)N(C)C(=O)[C@@H](NC(=O)[C@H]1CCCCN1C)C(C)C)C(=O)N1CCC[C@H]1C(=O)OC1CCCCC1. The Hall–Kier alpha value is -2.42. The highest BCUT2D eigenvalue weighted by Gasteiger charge is 2.38. The van der Waals surface area contributed by atoms with Crippen LogP contribution in [-0.2, 0) is 23.9 Å². The Morgan fingerprint density at radius 1 is 0.854 bits per heavy atom. The number of ether oxygens (including phenoxy) is 1. The van der Waals surface area contributed by atoms with E-state index >= 15 is 0 Å². The molecule has 3 amide bonds. The minimum absolute atomic E-state index is 0.0327. The van der Waals surface area contributed by atoms with Gasteiger partial charge < -0.3 is 19.9 Å². The van der Waals surface area contributed by atoms with Gasteiger partial charge in [0.25, 0.3) is 0 Å². The van der Waals surface area contributed by atoms with Gasteiger partial charge >= 0.3 is 5.97 Å². The average molecular weight is 575 g/mol. The molecule has 4 atom stereocenters. The first-order valence-corrected chi connectivity index (χ1v) is 15.9. The first kappa shape index (κ1) is 33.1. The fourth-order valence-electron chi connectivity index (χ4n) is 6.52. The molecule has 0 radical (unpaired) electrons. The van der Waals surface area contributed by atoms with Crippen molar-refractivity contribution in [3.63, 3.8) is 0 Å². The van der Waals surface area contributed by atoms with Crippen molar-refractivity contribution in [3.8, 4) is 0 Å². The Morgan fingerprint density at radius 3 is 2.10 bits per heavy atom. The highest BCUT2D eigenvalue weighted by atomic mass is 16.5. The molecule has 2 aliphatic heterocycles. The molecule has 0 aromatic heterocycles. The van der Waals surface area contributed by atoms with Crippen LogP contribution in [0, 0.1) is 11.8 Å².